The summed E-state index contributed by atoms with van der Waals surface area (Å²) in [7, 11) is 0. The maximum Gasteiger partial charge on any atom is 0.306 e. The monoisotopic (exact) mass is 253 g/mol. The molecule has 2 rings (SSSR count). The van der Waals surface area contributed by atoms with Crippen molar-refractivity contribution >= 4 is 5.97 Å². The van der Waals surface area contributed by atoms with Gasteiger partial charge < -0.3 is 10.4 Å². The lowest BCUT2D eigenvalue weighted by Crippen LogP contribution is -2.38. The number of carbonyl (C=O) groups is 1. The number of carboxylic acid groups (broad SMARTS) is 1. The van der Waals surface area contributed by atoms with Crippen LogP contribution in [0.4, 0.5) is 0 Å². The Morgan fingerprint density at radius 1 is 1.28 bits per heavy atom. The third-order valence-corrected chi connectivity index (χ3v) is 4.86. The highest BCUT2D eigenvalue weighted by atomic mass is 16.4. The van der Waals surface area contributed by atoms with Crippen molar-refractivity contribution in [3.05, 3.63) is 0 Å². The summed E-state index contributed by atoms with van der Waals surface area (Å²) in [6, 6.07) is 0.608. The first-order valence-electron chi connectivity index (χ1n) is 7.44. The van der Waals surface area contributed by atoms with Crippen LogP contribution in [-0.2, 0) is 4.79 Å². The molecular weight excluding hydrogens is 226 g/mol. The van der Waals surface area contributed by atoms with Crippen molar-refractivity contribution in [2.45, 2.75) is 64.8 Å². The lowest BCUT2D eigenvalue weighted by Gasteiger charge is -2.30. The average molecular weight is 253 g/mol. The average Bonchev–Trinajstić information content (AvgIpc) is 2.66. The van der Waals surface area contributed by atoms with Gasteiger partial charge in [0, 0.05) is 6.04 Å². The van der Waals surface area contributed by atoms with Crippen molar-refractivity contribution in [2.24, 2.45) is 17.3 Å². The molecule has 0 aromatic rings. The molecular formula is C15H27NO2. The van der Waals surface area contributed by atoms with Gasteiger partial charge in [-0.3, -0.25) is 4.79 Å². The number of carboxylic acids is 1. The SMILES string of the molecule is CC1(C)CCC(NCC2CCCCC2C(=O)O)C1. The van der Waals surface area contributed by atoms with Crippen molar-refractivity contribution in [2.75, 3.05) is 6.54 Å². The molecule has 0 aliphatic heterocycles. The molecule has 3 nitrogen and oxygen atoms in total. The number of hydrogen-bond acceptors (Lipinski definition) is 2. The lowest BCUT2D eigenvalue weighted by atomic mass is 9.79. The zero-order valence-electron chi connectivity index (χ0n) is 11.7. The molecule has 2 N–H and O–H groups in total. The lowest BCUT2D eigenvalue weighted by molar-refractivity contribution is -0.144. The van der Waals surface area contributed by atoms with Crippen LogP contribution in [0.5, 0.6) is 0 Å². The van der Waals surface area contributed by atoms with Gasteiger partial charge >= 0.3 is 5.97 Å². The molecule has 0 bridgehead atoms. The van der Waals surface area contributed by atoms with E-state index in [1.807, 2.05) is 0 Å². The van der Waals surface area contributed by atoms with Gasteiger partial charge in [-0.1, -0.05) is 26.7 Å². The van der Waals surface area contributed by atoms with Gasteiger partial charge in [-0.2, -0.15) is 0 Å². The predicted octanol–water partition coefficient (Wildman–Crippen LogP) is 3.05. The second-order valence-electron chi connectivity index (χ2n) is 7.00. The summed E-state index contributed by atoms with van der Waals surface area (Å²) in [5.41, 5.74) is 0.469. The van der Waals surface area contributed by atoms with Gasteiger partial charge in [0.05, 0.1) is 5.92 Å². The molecule has 0 aromatic carbocycles. The van der Waals surface area contributed by atoms with Crippen molar-refractivity contribution < 1.29 is 9.90 Å². The molecule has 0 aromatic heterocycles. The largest absolute Gasteiger partial charge is 0.481 e. The van der Waals surface area contributed by atoms with Gasteiger partial charge in [-0.25, -0.2) is 0 Å². The molecule has 2 fully saturated rings. The normalized spacial score (nSPS) is 35.6. The molecule has 3 atom stereocenters. The third kappa shape index (κ3) is 3.47. The Kier molecular flexibility index (Phi) is 4.31. The molecule has 0 saturated heterocycles. The predicted molar refractivity (Wildman–Crippen MR) is 72.5 cm³/mol. The minimum atomic E-state index is -0.590. The van der Waals surface area contributed by atoms with Crippen LogP contribution >= 0.6 is 0 Å². The van der Waals surface area contributed by atoms with Crippen LogP contribution in [0.2, 0.25) is 0 Å². The van der Waals surface area contributed by atoms with Crippen molar-refractivity contribution in [1.82, 2.24) is 5.32 Å². The molecule has 0 heterocycles. The maximum absolute atomic E-state index is 11.2. The summed E-state index contributed by atoms with van der Waals surface area (Å²) in [6.07, 6.45) is 8.01. The number of hydrogen-bond donors (Lipinski definition) is 2. The van der Waals surface area contributed by atoms with E-state index in [0.29, 0.717) is 17.4 Å². The van der Waals surface area contributed by atoms with Gasteiger partial charge in [0.15, 0.2) is 0 Å². The third-order valence-electron chi connectivity index (χ3n) is 4.86. The van der Waals surface area contributed by atoms with Gasteiger partial charge in [0.1, 0.15) is 0 Å². The van der Waals surface area contributed by atoms with Gasteiger partial charge in [-0.05, 0) is 50.0 Å². The van der Waals surface area contributed by atoms with Gasteiger partial charge in [0.25, 0.3) is 0 Å². The molecule has 2 aliphatic carbocycles. The van der Waals surface area contributed by atoms with Crippen LogP contribution in [0.1, 0.15) is 58.8 Å². The summed E-state index contributed by atoms with van der Waals surface area (Å²) in [6.45, 7) is 5.56. The second-order valence-corrected chi connectivity index (χ2v) is 7.00. The van der Waals surface area contributed by atoms with E-state index in [1.165, 1.54) is 25.7 Å². The van der Waals surface area contributed by atoms with E-state index in [4.69, 9.17) is 0 Å². The Morgan fingerprint density at radius 2 is 2.00 bits per heavy atom. The van der Waals surface area contributed by atoms with E-state index in [0.717, 1.165) is 25.8 Å². The summed E-state index contributed by atoms with van der Waals surface area (Å²) < 4.78 is 0. The van der Waals surface area contributed by atoms with Crippen LogP contribution in [0.15, 0.2) is 0 Å². The first-order chi connectivity index (χ1) is 8.48. The Balaban J connectivity index is 1.80. The van der Waals surface area contributed by atoms with E-state index in [1.54, 1.807) is 0 Å². The summed E-state index contributed by atoms with van der Waals surface area (Å²) >= 11 is 0. The van der Waals surface area contributed by atoms with Gasteiger partial charge in [-0.15, -0.1) is 0 Å². The molecule has 2 saturated carbocycles. The molecule has 0 radical (unpaired) electrons. The number of aliphatic carboxylic acids is 1. The van der Waals surface area contributed by atoms with Crippen LogP contribution in [0, 0.1) is 17.3 Å². The second kappa shape index (κ2) is 5.60. The fourth-order valence-electron chi connectivity index (χ4n) is 3.71. The summed E-state index contributed by atoms with van der Waals surface area (Å²) in [5, 5.41) is 12.9. The molecule has 2 aliphatic rings. The number of rotatable bonds is 4. The Bertz CT molecular complexity index is 301. The molecule has 3 unspecified atom stereocenters. The molecule has 0 amide bonds. The Morgan fingerprint density at radius 3 is 2.61 bits per heavy atom. The van der Waals surface area contributed by atoms with E-state index >= 15 is 0 Å². The summed E-state index contributed by atoms with van der Waals surface area (Å²) in [4.78, 5) is 11.2. The minimum Gasteiger partial charge on any atom is -0.481 e. The first kappa shape index (κ1) is 13.9. The quantitative estimate of drug-likeness (QED) is 0.809. The number of nitrogens with one attached hydrogen (secondary N) is 1. The van der Waals surface area contributed by atoms with Gasteiger partial charge in [0.2, 0.25) is 0 Å². The van der Waals surface area contributed by atoms with Crippen molar-refractivity contribution in [3.63, 3.8) is 0 Å². The standard InChI is InChI=1S/C15H27NO2/c1-15(2)8-7-12(9-15)16-10-11-5-3-4-6-13(11)14(17)18/h11-13,16H,3-10H2,1-2H3,(H,17,18). The zero-order chi connectivity index (χ0) is 13.2. The topological polar surface area (TPSA) is 49.3 Å². The highest BCUT2D eigenvalue weighted by molar-refractivity contribution is 5.70. The Hall–Kier alpha value is -0.570. The molecule has 104 valence electrons. The van der Waals surface area contributed by atoms with E-state index < -0.39 is 5.97 Å². The fourth-order valence-corrected chi connectivity index (χ4v) is 3.71. The zero-order valence-corrected chi connectivity index (χ0v) is 11.7. The van der Waals surface area contributed by atoms with Crippen LogP contribution in [0.25, 0.3) is 0 Å². The van der Waals surface area contributed by atoms with E-state index in [-0.39, 0.29) is 5.92 Å². The summed E-state index contributed by atoms with van der Waals surface area (Å²) in [5.74, 6) is -0.353. The van der Waals surface area contributed by atoms with Crippen LogP contribution < -0.4 is 5.32 Å². The molecule has 18 heavy (non-hydrogen) atoms. The Labute approximate surface area is 110 Å². The first-order valence-corrected chi connectivity index (χ1v) is 7.44. The smallest absolute Gasteiger partial charge is 0.306 e. The molecule has 0 spiro atoms. The minimum absolute atomic E-state index is 0.110. The highest BCUT2D eigenvalue weighted by Gasteiger charge is 2.34. The molecule has 3 heteroatoms. The van der Waals surface area contributed by atoms with Crippen molar-refractivity contribution in [1.29, 1.82) is 0 Å². The van der Waals surface area contributed by atoms with Crippen LogP contribution in [0.3, 0.4) is 0 Å². The van der Waals surface area contributed by atoms with E-state index in [9.17, 15) is 9.90 Å². The maximum atomic E-state index is 11.2. The van der Waals surface area contributed by atoms with Crippen LogP contribution in [-0.4, -0.2) is 23.7 Å². The van der Waals surface area contributed by atoms with Crippen molar-refractivity contribution in [3.8, 4) is 0 Å². The fraction of sp³-hybridized carbons (Fsp3) is 0.933. The highest BCUT2D eigenvalue weighted by Crippen LogP contribution is 2.37. The van der Waals surface area contributed by atoms with E-state index in [2.05, 4.69) is 19.2 Å².